The van der Waals surface area contributed by atoms with Gasteiger partial charge in [-0.25, -0.2) is 9.37 Å². The van der Waals surface area contributed by atoms with Gasteiger partial charge < -0.3 is 15.4 Å². The summed E-state index contributed by atoms with van der Waals surface area (Å²) in [7, 11) is 0. The molecule has 6 rings (SSSR count). The highest BCUT2D eigenvalue weighted by atomic mass is 32.1. The maximum atomic E-state index is 16.1. The van der Waals surface area contributed by atoms with E-state index in [2.05, 4.69) is 43.5 Å². The molecular formula is C28H26FN7OS. The molecule has 0 radical (unpaired) electrons. The lowest BCUT2D eigenvalue weighted by atomic mass is 9.94. The maximum Gasteiger partial charge on any atom is 0.159 e. The van der Waals surface area contributed by atoms with Gasteiger partial charge in [0, 0.05) is 33.8 Å². The van der Waals surface area contributed by atoms with Crippen LogP contribution in [0.3, 0.4) is 0 Å². The predicted octanol–water partition coefficient (Wildman–Crippen LogP) is 6.52. The molecule has 0 saturated carbocycles. The van der Waals surface area contributed by atoms with Crippen molar-refractivity contribution in [1.82, 2.24) is 30.1 Å². The zero-order valence-corrected chi connectivity index (χ0v) is 22.1. The largest absolute Gasteiger partial charge is 0.373 e. The number of aliphatic hydroxyl groups excluding tert-OH is 1. The van der Waals surface area contributed by atoms with Crippen molar-refractivity contribution < 1.29 is 9.50 Å². The molecule has 0 bridgehead atoms. The van der Waals surface area contributed by atoms with Crippen LogP contribution in [-0.4, -0.2) is 41.5 Å². The maximum absolute atomic E-state index is 16.1. The second-order valence-corrected chi connectivity index (χ2v) is 11.6. The number of pyridine rings is 2. The first-order valence-electron chi connectivity index (χ1n) is 12.2. The molecule has 5 heterocycles. The third kappa shape index (κ3) is 4.21. The molecule has 1 unspecified atom stereocenters. The van der Waals surface area contributed by atoms with E-state index in [1.807, 2.05) is 32.9 Å². The molecule has 0 aliphatic heterocycles. The fourth-order valence-electron chi connectivity index (χ4n) is 4.30. The number of nitrogens with zero attached hydrogens (tertiary/aromatic N) is 4. The molecule has 0 fully saturated rings. The van der Waals surface area contributed by atoms with Crippen molar-refractivity contribution in [3.63, 3.8) is 0 Å². The number of anilines is 1. The van der Waals surface area contributed by atoms with Crippen molar-refractivity contribution in [2.24, 2.45) is 5.41 Å². The zero-order valence-electron chi connectivity index (χ0n) is 21.3. The number of aromatic amines is 2. The number of hydrogen-bond acceptors (Lipinski definition) is 7. The Hall–Kier alpha value is -4.15. The molecule has 1 atom stereocenters. The van der Waals surface area contributed by atoms with Crippen molar-refractivity contribution in [3.8, 4) is 33.2 Å². The van der Waals surface area contributed by atoms with Gasteiger partial charge in [-0.2, -0.15) is 5.10 Å². The number of thiophene rings is 1. The fraction of sp³-hybridized carbons (Fsp3) is 0.214. The number of hydrogen-bond donors (Lipinski definition) is 4. The van der Waals surface area contributed by atoms with Crippen LogP contribution in [0.15, 0.2) is 55.0 Å². The predicted molar refractivity (Wildman–Crippen MR) is 149 cm³/mol. The Kier molecular flexibility index (Phi) is 5.73. The van der Waals surface area contributed by atoms with Crippen LogP contribution < -0.4 is 5.32 Å². The van der Waals surface area contributed by atoms with Crippen molar-refractivity contribution in [2.75, 3.05) is 5.32 Å². The van der Waals surface area contributed by atoms with Crippen LogP contribution in [0.25, 0.3) is 55.2 Å². The number of fused-ring (bicyclic) bond motifs is 2. The molecule has 8 nitrogen and oxygen atoms in total. The third-order valence-electron chi connectivity index (χ3n) is 6.44. The number of rotatable bonds is 5. The summed E-state index contributed by atoms with van der Waals surface area (Å²) >= 11 is 1.65. The van der Waals surface area contributed by atoms with Gasteiger partial charge in [-0.1, -0.05) is 20.8 Å². The number of aryl methyl sites for hydroxylation is 1. The lowest BCUT2D eigenvalue weighted by Gasteiger charge is -2.27. The third-order valence-corrected chi connectivity index (χ3v) is 7.45. The van der Waals surface area contributed by atoms with Gasteiger partial charge in [-0.3, -0.25) is 15.1 Å². The fourth-order valence-corrected chi connectivity index (χ4v) is 5.16. The van der Waals surface area contributed by atoms with Gasteiger partial charge in [0.05, 0.1) is 33.2 Å². The summed E-state index contributed by atoms with van der Waals surface area (Å²) in [5.74, 6) is 0.0147. The molecule has 6 aromatic rings. The Morgan fingerprint density at radius 3 is 2.66 bits per heavy atom. The number of benzene rings is 1. The molecule has 1 aromatic carbocycles. The Morgan fingerprint density at radius 2 is 1.89 bits per heavy atom. The van der Waals surface area contributed by atoms with Crippen molar-refractivity contribution in [3.05, 3.63) is 65.7 Å². The van der Waals surface area contributed by atoms with Crippen LogP contribution in [-0.2, 0) is 0 Å². The van der Waals surface area contributed by atoms with Crippen LogP contribution >= 0.6 is 11.3 Å². The first-order valence-corrected chi connectivity index (χ1v) is 13.0. The summed E-state index contributed by atoms with van der Waals surface area (Å²) in [4.78, 5) is 19.1. The quantitative estimate of drug-likeness (QED) is 0.190. The highest BCUT2D eigenvalue weighted by Crippen LogP contribution is 2.36. The summed E-state index contributed by atoms with van der Waals surface area (Å²) in [5, 5.41) is 21.2. The minimum absolute atomic E-state index is 0.330. The topological polar surface area (TPSA) is 115 Å². The summed E-state index contributed by atoms with van der Waals surface area (Å²) in [6, 6.07) is 11.2. The minimum Gasteiger partial charge on any atom is -0.373 e. The molecule has 0 aliphatic rings. The second-order valence-electron chi connectivity index (χ2n) is 10.3. The van der Waals surface area contributed by atoms with E-state index < -0.39 is 12.0 Å². The van der Waals surface area contributed by atoms with E-state index in [-0.39, 0.29) is 5.41 Å². The van der Waals surface area contributed by atoms with E-state index in [4.69, 9.17) is 4.98 Å². The van der Waals surface area contributed by atoms with Gasteiger partial charge in [0.1, 0.15) is 28.9 Å². The standard InChI is InChI=1S/C28H26FN7OS/c1-14-5-8-20(38-14)24-23-19(9-10-31-24)33-26(34-23)25-21-18(35-36-25)7-6-17(22(21)29)15-11-16(13-30-12-15)32-27(37)28(2,3)4/h5-13,27,32,37H,1-4H3,(H,33,34)(H,35,36). The Morgan fingerprint density at radius 1 is 1.05 bits per heavy atom. The molecule has 5 aromatic heterocycles. The molecule has 38 heavy (non-hydrogen) atoms. The first kappa shape index (κ1) is 24.2. The monoisotopic (exact) mass is 527 g/mol. The van der Waals surface area contributed by atoms with E-state index in [0.717, 1.165) is 16.1 Å². The molecule has 0 spiro atoms. The van der Waals surface area contributed by atoms with Crippen LogP contribution in [0, 0.1) is 18.2 Å². The SMILES string of the molecule is Cc1ccc(-c2nccc3[nH]c(-c4n[nH]c5ccc(-c6cncc(NC(O)C(C)(C)C)c6)c(F)c45)nc23)s1. The lowest BCUT2D eigenvalue weighted by molar-refractivity contribution is 0.0880. The zero-order chi connectivity index (χ0) is 26.6. The van der Waals surface area contributed by atoms with Gasteiger partial charge in [0.15, 0.2) is 5.82 Å². The Bertz CT molecular complexity index is 1800. The minimum atomic E-state index is -0.794. The average molecular weight is 528 g/mol. The first-order chi connectivity index (χ1) is 18.2. The van der Waals surface area contributed by atoms with E-state index in [0.29, 0.717) is 44.8 Å². The van der Waals surface area contributed by atoms with Gasteiger partial charge in [-0.15, -0.1) is 11.3 Å². The summed E-state index contributed by atoms with van der Waals surface area (Å²) in [6.45, 7) is 7.83. The van der Waals surface area contributed by atoms with Gasteiger partial charge in [0.2, 0.25) is 0 Å². The molecule has 0 aliphatic carbocycles. The molecular weight excluding hydrogens is 501 g/mol. The molecule has 0 saturated heterocycles. The van der Waals surface area contributed by atoms with Crippen molar-refractivity contribution in [2.45, 2.75) is 33.9 Å². The van der Waals surface area contributed by atoms with Crippen LogP contribution in [0.5, 0.6) is 0 Å². The van der Waals surface area contributed by atoms with Gasteiger partial charge in [0.25, 0.3) is 0 Å². The number of halogens is 1. The van der Waals surface area contributed by atoms with E-state index in [1.54, 1.807) is 48.1 Å². The van der Waals surface area contributed by atoms with Gasteiger partial charge in [-0.05, 0) is 43.3 Å². The molecule has 10 heteroatoms. The Balaban J connectivity index is 1.43. The number of aliphatic hydroxyl groups is 1. The van der Waals surface area contributed by atoms with Gasteiger partial charge >= 0.3 is 0 Å². The van der Waals surface area contributed by atoms with Crippen LogP contribution in [0.2, 0.25) is 0 Å². The number of imidazole rings is 1. The highest BCUT2D eigenvalue weighted by molar-refractivity contribution is 7.15. The second kappa shape index (κ2) is 9.00. The van der Waals surface area contributed by atoms with E-state index in [9.17, 15) is 5.11 Å². The smallest absolute Gasteiger partial charge is 0.159 e. The summed E-state index contributed by atoms with van der Waals surface area (Å²) in [5.41, 5.74) is 4.38. The molecule has 4 N–H and O–H groups in total. The number of H-pyrrole nitrogens is 2. The van der Waals surface area contributed by atoms with Crippen molar-refractivity contribution in [1.29, 1.82) is 0 Å². The molecule has 0 amide bonds. The van der Waals surface area contributed by atoms with Crippen LogP contribution in [0.1, 0.15) is 25.6 Å². The summed E-state index contributed by atoms with van der Waals surface area (Å²) in [6.07, 6.45) is 4.15. The lowest BCUT2D eigenvalue weighted by Crippen LogP contribution is -2.33. The average Bonchev–Trinajstić information content (AvgIpc) is 3.61. The normalized spacial score (nSPS) is 12.9. The highest BCUT2D eigenvalue weighted by Gasteiger charge is 2.23. The Labute approximate surface area is 222 Å². The van der Waals surface area contributed by atoms with E-state index >= 15 is 4.39 Å². The van der Waals surface area contributed by atoms with Crippen LogP contribution in [0.4, 0.5) is 10.1 Å². The number of aromatic nitrogens is 6. The van der Waals surface area contributed by atoms with Crippen molar-refractivity contribution >= 4 is 39.0 Å². The summed E-state index contributed by atoms with van der Waals surface area (Å²) < 4.78 is 16.1. The van der Waals surface area contributed by atoms with E-state index in [1.165, 1.54) is 4.88 Å². The number of nitrogens with one attached hydrogen (secondary N) is 3. The molecule has 192 valence electrons.